The molecule has 0 unspecified atom stereocenters. The summed E-state index contributed by atoms with van der Waals surface area (Å²) in [5, 5.41) is 13.3. The zero-order chi connectivity index (χ0) is 29.3. The number of anilines is 4. The van der Waals surface area contributed by atoms with Gasteiger partial charge in [0, 0.05) is 36.4 Å². The van der Waals surface area contributed by atoms with E-state index < -0.39 is 12.1 Å². The summed E-state index contributed by atoms with van der Waals surface area (Å²) < 4.78 is 31.7. The van der Waals surface area contributed by atoms with E-state index in [2.05, 4.69) is 10.6 Å². The Balaban J connectivity index is 0.000000559. The summed E-state index contributed by atoms with van der Waals surface area (Å²) in [6.07, 6.45) is -3.53. The van der Waals surface area contributed by atoms with Crippen molar-refractivity contribution in [3.63, 3.8) is 0 Å². The molecule has 0 aromatic heterocycles. The Hall–Kier alpha value is -4.71. The van der Waals surface area contributed by atoms with Gasteiger partial charge in [0.05, 0.1) is 12.1 Å². The molecule has 0 aliphatic carbocycles. The number of carbonyl (C=O) groups is 4. The molecule has 1 saturated heterocycles. The lowest BCUT2D eigenvalue weighted by molar-refractivity contribution is -0.192. The molecule has 1 aliphatic heterocycles. The van der Waals surface area contributed by atoms with Gasteiger partial charge in [-0.3, -0.25) is 19.3 Å². The zero-order valence-electron chi connectivity index (χ0n) is 21.2. The number of carbonyl (C=O) groups excluding carboxylic acids is 3. The fourth-order valence-electron chi connectivity index (χ4n) is 3.83. The second kappa shape index (κ2) is 13.4. The Bertz CT molecular complexity index is 1360. The minimum absolute atomic E-state index is 0.157. The Labute approximate surface area is 227 Å². The van der Waals surface area contributed by atoms with Crippen LogP contribution in [0.4, 0.5) is 35.9 Å². The van der Waals surface area contributed by atoms with Crippen molar-refractivity contribution >= 4 is 46.4 Å². The van der Waals surface area contributed by atoms with Crippen molar-refractivity contribution < 1.29 is 37.5 Å². The maximum absolute atomic E-state index is 12.6. The van der Waals surface area contributed by atoms with Crippen molar-refractivity contribution in [3.8, 4) is 0 Å². The van der Waals surface area contributed by atoms with Gasteiger partial charge >= 0.3 is 12.1 Å². The molecule has 0 saturated carbocycles. The topological polar surface area (TPSA) is 142 Å². The zero-order valence-corrected chi connectivity index (χ0v) is 21.2. The molecule has 0 atom stereocenters. The molecule has 40 heavy (non-hydrogen) atoms. The van der Waals surface area contributed by atoms with Crippen molar-refractivity contribution in [2.45, 2.75) is 38.4 Å². The van der Waals surface area contributed by atoms with Crippen LogP contribution in [0.15, 0.2) is 72.8 Å². The first kappa shape index (κ1) is 29.8. The summed E-state index contributed by atoms with van der Waals surface area (Å²) in [6.45, 7) is 0.474. The molecule has 3 amide bonds. The van der Waals surface area contributed by atoms with E-state index in [1.165, 1.54) is 4.90 Å². The van der Waals surface area contributed by atoms with E-state index >= 15 is 0 Å². The number of imide groups is 1. The molecular weight excluding hydrogens is 529 g/mol. The molecule has 210 valence electrons. The number of nitrogens with zero attached hydrogens (tertiary/aromatic N) is 1. The van der Waals surface area contributed by atoms with Crippen LogP contribution in [0.5, 0.6) is 0 Å². The van der Waals surface area contributed by atoms with E-state index in [-0.39, 0.29) is 24.1 Å². The first-order valence-electron chi connectivity index (χ1n) is 12.2. The van der Waals surface area contributed by atoms with Crippen LogP contribution in [0.3, 0.4) is 0 Å². The van der Waals surface area contributed by atoms with Crippen LogP contribution in [0.25, 0.3) is 0 Å². The molecule has 0 radical (unpaired) electrons. The van der Waals surface area contributed by atoms with Crippen LogP contribution < -0.4 is 21.3 Å². The third kappa shape index (κ3) is 8.67. The largest absolute Gasteiger partial charge is 0.490 e. The van der Waals surface area contributed by atoms with Crippen molar-refractivity contribution in [1.29, 1.82) is 0 Å². The van der Waals surface area contributed by atoms with Gasteiger partial charge in [-0.2, -0.15) is 13.2 Å². The number of halogens is 3. The molecule has 12 heteroatoms. The summed E-state index contributed by atoms with van der Waals surface area (Å²) in [5.41, 5.74) is 10.6. The average Bonchev–Trinajstić information content (AvgIpc) is 2.89. The monoisotopic (exact) mass is 556 g/mol. The summed E-state index contributed by atoms with van der Waals surface area (Å²) in [4.78, 5) is 46.8. The lowest BCUT2D eigenvalue weighted by Gasteiger charge is -2.24. The number of rotatable bonds is 7. The highest BCUT2D eigenvalue weighted by Crippen LogP contribution is 2.24. The van der Waals surface area contributed by atoms with E-state index in [0.717, 1.165) is 22.5 Å². The standard InChI is InChI=1S/C26H26N4O3.C2HF3O2/c27-17-19-5-2-7-22(15-19)28-21-6-1-4-18(14-21)16-24(31)29-20-10-12-23(13-11-20)30-25(32)8-3-9-26(30)33;3-2(4,5)1(6)7/h1-2,4-7,10-15,28H,3,8-9,16-17,27H2,(H,29,31);(H,6,7). The Morgan fingerprint density at radius 2 is 1.38 bits per heavy atom. The second-order valence-electron chi connectivity index (χ2n) is 8.78. The van der Waals surface area contributed by atoms with Crippen LogP contribution in [0, 0.1) is 0 Å². The van der Waals surface area contributed by atoms with Gasteiger partial charge in [0.1, 0.15) is 0 Å². The van der Waals surface area contributed by atoms with E-state index in [1.54, 1.807) is 24.3 Å². The summed E-state index contributed by atoms with van der Waals surface area (Å²) in [6, 6.07) is 22.3. The van der Waals surface area contributed by atoms with Gasteiger partial charge in [0.2, 0.25) is 17.7 Å². The highest BCUT2D eigenvalue weighted by molar-refractivity contribution is 6.16. The minimum Gasteiger partial charge on any atom is -0.475 e. The maximum Gasteiger partial charge on any atom is 0.490 e. The minimum atomic E-state index is -5.08. The van der Waals surface area contributed by atoms with Crippen LogP contribution in [0.1, 0.15) is 30.4 Å². The van der Waals surface area contributed by atoms with Gasteiger partial charge in [-0.15, -0.1) is 0 Å². The normalized spacial score (nSPS) is 13.2. The Morgan fingerprint density at radius 3 is 1.90 bits per heavy atom. The predicted octanol–water partition coefficient (Wildman–Crippen LogP) is 4.75. The quantitative estimate of drug-likeness (QED) is 0.308. The van der Waals surface area contributed by atoms with E-state index in [4.69, 9.17) is 15.6 Å². The van der Waals surface area contributed by atoms with Gasteiger partial charge < -0.3 is 21.5 Å². The third-order valence-electron chi connectivity index (χ3n) is 5.67. The van der Waals surface area contributed by atoms with Gasteiger partial charge in [-0.1, -0.05) is 24.3 Å². The predicted molar refractivity (Wildman–Crippen MR) is 143 cm³/mol. The van der Waals surface area contributed by atoms with Crippen LogP contribution in [-0.4, -0.2) is 35.0 Å². The highest BCUT2D eigenvalue weighted by atomic mass is 19.4. The van der Waals surface area contributed by atoms with Crippen molar-refractivity contribution in [1.82, 2.24) is 0 Å². The number of piperidine rings is 1. The van der Waals surface area contributed by atoms with E-state index in [0.29, 0.717) is 37.2 Å². The number of carboxylic acid groups (broad SMARTS) is 1. The molecule has 1 fully saturated rings. The first-order valence-corrected chi connectivity index (χ1v) is 12.2. The molecular formula is C28H27F3N4O5. The number of carboxylic acids is 1. The van der Waals surface area contributed by atoms with Crippen LogP contribution in [0.2, 0.25) is 0 Å². The molecule has 9 nitrogen and oxygen atoms in total. The number of hydrogen-bond donors (Lipinski definition) is 4. The van der Waals surface area contributed by atoms with Gasteiger partial charge in [-0.25, -0.2) is 4.79 Å². The fraction of sp³-hybridized carbons (Fsp3) is 0.214. The summed E-state index contributed by atoms with van der Waals surface area (Å²) >= 11 is 0. The molecule has 3 aromatic carbocycles. The van der Waals surface area contributed by atoms with Crippen molar-refractivity contribution in [2.75, 3.05) is 15.5 Å². The number of nitrogens with one attached hydrogen (secondary N) is 2. The fourth-order valence-corrected chi connectivity index (χ4v) is 3.83. The Morgan fingerprint density at radius 1 is 0.850 bits per heavy atom. The van der Waals surface area contributed by atoms with Crippen LogP contribution in [-0.2, 0) is 32.1 Å². The lowest BCUT2D eigenvalue weighted by Crippen LogP contribution is -2.40. The molecule has 0 bridgehead atoms. The molecule has 3 aromatic rings. The maximum atomic E-state index is 12.6. The Kier molecular flexibility index (Phi) is 9.98. The van der Waals surface area contributed by atoms with Gasteiger partial charge in [-0.05, 0) is 66.1 Å². The van der Waals surface area contributed by atoms with E-state index in [1.807, 2.05) is 48.5 Å². The van der Waals surface area contributed by atoms with Gasteiger partial charge in [0.15, 0.2) is 0 Å². The smallest absolute Gasteiger partial charge is 0.475 e. The molecule has 1 aliphatic rings. The van der Waals surface area contributed by atoms with Crippen LogP contribution >= 0.6 is 0 Å². The third-order valence-corrected chi connectivity index (χ3v) is 5.67. The second-order valence-corrected chi connectivity index (χ2v) is 8.78. The molecule has 0 spiro atoms. The van der Waals surface area contributed by atoms with Gasteiger partial charge in [0.25, 0.3) is 0 Å². The SMILES string of the molecule is NCc1cccc(Nc2cccc(CC(=O)Nc3ccc(N4C(=O)CCCC4=O)cc3)c2)c1.O=C(O)C(F)(F)F. The molecule has 4 rings (SSSR count). The summed E-state index contributed by atoms with van der Waals surface area (Å²) in [5.74, 6) is -3.29. The first-order chi connectivity index (χ1) is 19.0. The summed E-state index contributed by atoms with van der Waals surface area (Å²) in [7, 11) is 0. The number of hydrogen-bond acceptors (Lipinski definition) is 6. The number of alkyl halides is 3. The highest BCUT2D eigenvalue weighted by Gasteiger charge is 2.38. The lowest BCUT2D eigenvalue weighted by atomic mass is 10.1. The number of nitrogens with two attached hydrogens (primary N) is 1. The number of amides is 3. The number of benzene rings is 3. The van der Waals surface area contributed by atoms with E-state index in [9.17, 15) is 27.6 Å². The van der Waals surface area contributed by atoms with Crippen molar-refractivity contribution in [3.05, 3.63) is 83.9 Å². The molecule has 5 N–H and O–H groups in total. The number of aliphatic carboxylic acids is 1. The molecule has 1 heterocycles. The average molecular weight is 557 g/mol. The van der Waals surface area contributed by atoms with Crippen molar-refractivity contribution in [2.24, 2.45) is 5.73 Å².